The van der Waals surface area contributed by atoms with Crippen molar-refractivity contribution < 1.29 is 16.8 Å². The topological polar surface area (TPSA) is 137 Å². The first-order valence-electron chi connectivity index (χ1n) is 13.5. The molecule has 3 N–H and O–H groups in total. The molecule has 2 aromatic carbocycles. The molecule has 0 spiro atoms. The van der Waals surface area contributed by atoms with Crippen LogP contribution in [-0.2, 0) is 20.0 Å². The van der Waals surface area contributed by atoms with Gasteiger partial charge in [0.2, 0.25) is 10.0 Å². The highest BCUT2D eigenvalue weighted by molar-refractivity contribution is 7.90. The Bertz CT molecular complexity index is 2010. The van der Waals surface area contributed by atoms with Crippen LogP contribution in [0.15, 0.2) is 95.0 Å². The Balaban J connectivity index is 1.54. The molecule has 0 radical (unpaired) electrons. The maximum absolute atomic E-state index is 13.8. The van der Waals surface area contributed by atoms with Gasteiger partial charge >= 0.3 is 0 Å². The number of anilines is 1. The molecule has 3 aromatic heterocycles. The van der Waals surface area contributed by atoms with Gasteiger partial charge in [-0.3, -0.25) is 0 Å². The van der Waals surface area contributed by atoms with Gasteiger partial charge in [0, 0.05) is 34.9 Å². The van der Waals surface area contributed by atoms with E-state index in [1.165, 1.54) is 40.9 Å². The fourth-order valence-electron chi connectivity index (χ4n) is 5.39. The number of nitrogens with zero attached hydrogens (tertiary/aromatic N) is 3. The fraction of sp³-hybridized carbons (Fsp3) is 0.200. The van der Waals surface area contributed by atoms with Crippen molar-refractivity contribution in [2.45, 2.75) is 47.9 Å². The van der Waals surface area contributed by atoms with E-state index in [1.54, 1.807) is 48.7 Å². The third-order valence-electron chi connectivity index (χ3n) is 7.47. The summed E-state index contributed by atoms with van der Waals surface area (Å²) in [7, 11) is -7.93. The zero-order valence-electron chi connectivity index (χ0n) is 22.4. The Morgan fingerprint density at radius 1 is 0.833 bits per heavy atom. The number of hydrogen-bond acceptors (Lipinski definition) is 7. The molecule has 9 nitrogen and oxygen atoms in total. The SMILES string of the molecule is NS(=O)(=O)c1cccc(-c2cnc3c(c2)c(-c2cc(Cl)nc(NC4CCCCC4)c2)cn3S(=O)(=O)c2ccccc2)c1. The quantitative estimate of drug-likeness (QED) is 0.211. The lowest BCUT2D eigenvalue weighted by Gasteiger charge is -2.23. The van der Waals surface area contributed by atoms with Gasteiger partial charge in [0.25, 0.3) is 10.0 Å². The summed E-state index contributed by atoms with van der Waals surface area (Å²) in [5.74, 6) is 0.612. The Morgan fingerprint density at radius 3 is 2.31 bits per heavy atom. The Morgan fingerprint density at radius 2 is 1.57 bits per heavy atom. The zero-order valence-corrected chi connectivity index (χ0v) is 24.8. The molecule has 0 unspecified atom stereocenters. The van der Waals surface area contributed by atoms with E-state index in [0.717, 1.165) is 25.7 Å². The van der Waals surface area contributed by atoms with Crippen LogP contribution in [0.4, 0.5) is 5.82 Å². The number of halogens is 1. The molecule has 42 heavy (non-hydrogen) atoms. The maximum atomic E-state index is 13.8. The van der Waals surface area contributed by atoms with Crippen molar-refractivity contribution >= 4 is 48.5 Å². The summed E-state index contributed by atoms with van der Waals surface area (Å²) in [6.45, 7) is 0. The lowest BCUT2D eigenvalue weighted by atomic mass is 9.95. The van der Waals surface area contributed by atoms with Crippen LogP contribution in [0.1, 0.15) is 32.1 Å². The molecule has 1 aliphatic carbocycles. The van der Waals surface area contributed by atoms with Crippen LogP contribution in [0.3, 0.4) is 0 Å². The van der Waals surface area contributed by atoms with E-state index in [2.05, 4.69) is 15.3 Å². The zero-order chi connectivity index (χ0) is 29.5. The van der Waals surface area contributed by atoms with Crippen molar-refractivity contribution in [1.29, 1.82) is 0 Å². The molecular weight excluding hydrogens is 594 g/mol. The van der Waals surface area contributed by atoms with E-state index in [9.17, 15) is 16.8 Å². The summed E-state index contributed by atoms with van der Waals surface area (Å²) >= 11 is 6.49. The van der Waals surface area contributed by atoms with Gasteiger partial charge in [-0.2, -0.15) is 0 Å². The minimum absolute atomic E-state index is 0.0381. The third kappa shape index (κ3) is 5.65. The van der Waals surface area contributed by atoms with Crippen molar-refractivity contribution in [3.8, 4) is 22.3 Å². The fourth-order valence-corrected chi connectivity index (χ4v) is 7.51. The second-order valence-electron chi connectivity index (χ2n) is 10.4. The molecule has 1 saturated carbocycles. The van der Waals surface area contributed by atoms with Gasteiger partial charge in [-0.1, -0.05) is 61.2 Å². The van der Waals surface area contributed by atoms with Crippen LogP contribution in [0, 0.1) is 0 Å². The Labute approximate surface area is 249 Å². The van der Waals surface area contributed by atoms with Crippen molar-refractivity contribution in [2.75, 3.05) is 5.32 Å². The molecule has 0 saturated heterocycles. The molecule has 216 valence electrons. The van der Waals surface area contributed by atoms with Crippen LogP contribution < -0.4 is 10.5 Å². The van der Waals surface area contributed by atoms with E-state index in [-0.39, 0.29) is 26.6 Å². The lowest BCUT2D eigenvalue weighted by Crippen LogP contribution is -2.22. The number of pyridine rings is 2. The number of rotatable bonds is 7. The first-order chi connectivity index (χ1) is 20.1. The molecule has 5 aromatic rings. The first-order valence-corrected chi connectivity index (χ1v) is 16.9. The number of primary sulfonamides is 1. The summed E-state index contributed by atoms with van der Waals surface area (Å²) in [5, 5.41) is 9.66. The van der Waals surface area contributed by atoms with Gasteiger partial charge in [0.1, 0.15) is 11.0 Å². The highest BCUT2D eigenvalue weighted by Crippen LogP contribution is 2.37. The van der Waals surface area contributed by atoms with Crippen LogP contribution in [0.2, 0.25) is 5.15 Å². The predicted molar refractivity (Wildman–Crippen MR) is 164 cm³/mol. The molecule has 0 amide bonds. The Hall–Kier alpha value is -3.77. The van der Waals surface area contributed by atoms with Crippen molar-refractivity contribution in [3.05, 3.63) is 90.3 Å². The molecule has 1 aliphatic rings. The van der Waals surface area contributed by atoms with Gasteiger partial charge < -0.3 is 5.32 Å². The molecule has 12 heteroatoms. The molecular formula is C30H28ClN5O4S2. The smallest absolute Gasteiger partial charge is 0.269 e. The third-order valence-corrected chi connectivity index (χ3v) is 10.2. The molecule has 0 bridgehead atoms. The average Bonchev–Trinajstić information content (AvgIpc) is 3.37. The number of fused-ring (bicyclic) bond motifs is 1. The van der Waals surface area contributed by atoms with E-state index in [1.807, 2.05) is 6.07 Å². The number of sulfonamides is 1. The molecule has 0 aliphatic heterocycles. The van der Waals surface area contributed by atoms with Crippen LogP contribution in [0.5, 0.6) is 0 Å². The summed E-state index contributed by atoms with van der Waals surface area (Å²) in [6.07, 6.45) is 8.67. The van der Waals surface area contributed by atoms with Gasteiger partial charge in [-0.05, 0) is 66.4 Å². The summed E-state index contributed by atoms with van der Waals surface area (Å²) in [5.41, 5.74) is 2.61. The maximum Gasteiger partial charge on any atom is 0.269 e. The van der Waals surface area contributed by atoms with Crippen LogP contribution >= 0.6 is 11.6 Å². The molecule has 1 fully saturated rings. The van der Waals surface area contributed by atoms with Gasteiger partial charge in [-0.15, -0.1) is 0 Å². The van der Waals surface area contributed by atoms with Crippen molar-refractivity contribution in [2.24, 2.45) is 5.14 Å². The van der Waals surface area contributed by atoms with Gasteiger partial charge in [0.05, 0.1) is 9.79 Å². The number of nitrogens with one attached hydrogen (secondary N) is 1. The highest BCUT2D eigenvalue weighted by Gasteiger charge is 2.24. The van der Waals surface area contributed by atoms with Crippen LogP contribution in [0.25, 0.3) is 33.3 Å². The normalized spacial score (nSPS) is 14.7. The largest absolute Gasteiger partial charge is 0.367 e. The van der Waals surface area contributed by atoms with Crippen LogP contribution in [-0.4, -0.2) is 36.8 Å². The van der Waals surface area contributed by atoms with E-state index in [4.69, 9.17) is 16.7 Å². The minimum Gasteiger partial charge on any atom is -0.367 e. The lowest BCUT2D eigenvalue weighted by molar-refractivity contribution is 0.462. The first kappa shape index (κ1) is 28.4. The van der Waals surface area contributed by atoms with Crippen molar-refractivity contribution in [1.82, 2.24) is 13.9 Å². The second kappa shape index (κ2) is 11.1. The number of benzene rings is 2. The van der Waals surface area contributed by atoms with Crippen molar-refractivity contribution in [3.63, 3.8) is 0 Å². The average molecular weight is 622 g/mol. The number of nitrogens with two attached hydrogens (primary N) is 1. The second-order valence-corrected chi connectivity index (χ2v) is 14.1. The van der Waals surface area contributed by atoms with E-state index < -0.39 is 20.0 Å². The summed E-state index contributed by atoms with van der Waals surface area (Å²) in [6, 6.07) is 20.0. The number of hydrogen-bond donors (Lipinski definition) is 2. The van der Waals surface area contributed by atoms with E-state index >= 15 is 0 Å². The molecule has 6 rings (SSSR count). The summed E-state index contributed by atoms with van der Waals surface area (Å²) < 4.78 is 52.7. The van der Waals surface area contributed by atoms with Gasteiger partial charge in [0.15, 0.2) is 5.65 Å². The highest BCUT2D eigenvalue weighted by atomic mass is 35.5. The monoisotopic (exact) mass is 621 g/mol. The van der Waals surface area contributed by atoms with Gasteiger partial charge in [-0.25, -0.2) is 35.9 Å². The standard InChI is InChI=1S/C30H28ClN5O4S2/c31-28-16-21(17-29(35-28)34-23-9-3-1-4-10-23)27-19-36(42(39,40)24-11-5-2-6-12-24)30-26(27)15-22(18-33-30)20-8-7-13-25(14-20)41(32,37)38/h2,5-8,11-19,23H,1,3-4,9-10H2,(H,34,35)(H2,32,37,38). The van der Waals surface area contributed by atoms with E-state index in [0.29, 0.717) is 33.5 Å². The minimum atomic E-state index is -4.01. The predicted octanol–water partition coefficient (Wildman–Crippen LogP) is 6.05. The number of aromatic nitrogens is 3. The molecule has 3 heterocycles. The molecule has 0 atom stereocenters. The summed E-state index contributed by atoms with van der Waals surface area (Å²) in [4.78, 5) is 9.12. The Kier molecular flexibility index (Phi) is 7.52.